The lowest BCUT2D eigenvalue weighted by Crippen LogP contribution is -2.50. The van der Waals surface area contributed by atoms with Crippen LogP contribution in [0, 0.1) is 13.8 Å². The van der Waals surface area contributed by atoms with Gasteiger partial charge in [-0.05, 0) is 56.2 Å². The van der Waals surface area contributed by atoms with Gasteiger partial charge in [-0.3, -0.25) is 4.79 Å². The number of anilines is 2. The molecule has 0 unspecified atom stereocenters. The number of benzene rings is 2. The van der Waals surface area contributed by atoms with Crippen molar-refractivity contribution in [2.24, 2.45) is 0 Å². The molecule has 1 fully saturated rings. The van der Waals surface area contributed by atoms with E-state index in [2.05, 4.69) is 42.3 Å². The van der Waals surface area contributed by atoms with E-state index in [4.69, 9.17) is 0 Å². The van der Waals surface area contributed by atoms with Crippen LogP contribution in [0.3, 0.4) is 0 Å². The fraction of sp³-hybridized carbons (Fsp3) is 0.333. The van der Waals surface area contributed by atoms with Gasteiger partial charge in [0.1, 0.15) is 0 Å². The van der Waals surface area contributed by atoms with Crippen LogP contribution < -0.4 is 10.2 Å². The Hall–Kier alpha value is -2.82. The third-order valence-electron chi connectivity index (χ3n) is 4.94. The third-order valence-corrected chi connectivity index (χ3v) is 4.94. The summed E-state index contributed by atoms with van der Waals surface area (Å²) in [6.45, 7) is 8.72. The zero-order valence-electron chi connectivity index (χ0n) is 15.6. The highest BCUT2D eigenvalue weighted by molar-refractivity contribution is 5.96. The number of Topliss-reactive ketones (excluding diaryl/α,β-unsaturated/α-hetero) is 1. The summed E-state index contributed by atoms with van der Waals surface area (Å²) in [4.78, 5) is 28.1. The van der Waals surface area contributed by atoms with Crippen LogP contribution in [0.1, 0.15) is 28.4 Å². The topological polar surface area (TPSA) is 52.7 Å². The van der Waals surface area contributed by atoms with E-state index in [9.17, 15) is 9.59 Å². The Morgan fingerprint density at radius 2 is 1.65 bits per heavy atom. The predicted molar refractivity (Wildman–Crippen MR) is 105 cm³/mol. The fourth-order valence-corrected chi connectivity index (χ4v) is 3.11. The summed E-state index contributed by atoms with van der Waals surface area (Å²) in [6.07, 6.45) is 0. The molecule has 26 heavy (non-hydrogen) atoms. The molecule has 136 valence electrons. The zero-order chi connectivity index (χ0) is 18.7. The second kappa shape index (κ2) is 7.60. The van der Waals surface area contributed by atoms with Crippen molar-refractivity contribution >= 4 is 23.2 Å². The third kappa shape index (κ3) is 4.04. The van der Waals surface area contributed by atoms with E-state index in [-0.39, 0.29) is 11.8 Å². The maximum atomic E-state index is 12.5. The minimum atomic E-state index is -0.120. The van der Waals surface area contributed by atoms with E-state index < -0.39 is 0 Å². The molecule has 1 heterocycles. The monoisotopic (exact) mass is 351 g/mol. The van der Waals surface area contributed by atoms with Crippen LogP contribution in [0.4, 0.5) is 16.2 Å². The lowest BCUT2D eigenvalue weighted by atomic mass is 10.1. The number of rotatable bonds is 3. The van der Waals surface area contributed by atoms with Crippen molar-refractivity contribution < 1.29 is 9.59 Å². The van der Waals surface area contributed by atoms with Crippen LogP contribution in [-0.2, 0) is 0 Å². The standard InChI is InChI=1S/C21H25N3O2/c1-15-7-8-20(13-16(15)2)23-9-11-24(12-10-23)21(26)22-19-6-4-5-18(14-19)17(3)25/h4-8,13-14H,9-12H2,1-3H3,(H,22,26). The van der Waals surface area contributed by atoms with E-state index in [0.717, 1.165) is 13.1 Å². The Morgan fingerprint density at radius 3 is 2.31 bits per heavy atom. The number of hydrogen-bond donors (Lipinski definition) is 1. The summed E-state index contributed by atoms with van der Waals surface area (Å²) < 4.78 is 0. The van der Waals surface area contributed by atoms with E-state index in [1.165, 1.54) is 23.7 Å². The van der Waals surface area contributed by atoms with Gasteiger partial charge in [-0.2, -0.15) is 0 Å². The molecule has 0 atom stereocenters. The van der Waals surface area contributed by atoms with Crippen molar-refractivity contribution in [2.45, 2.75) is 20.8 Å². The molecular formula is C21H25N3O2. The van der Waals surface area contributed by atoms with Gasteiger partial charge in [0.2, 0.25) is 0 Å². The van der Waals surface area contributed by atoms with Crippen molar-refractivity contribution in [2.75, 3.05) is 36.4 Å². The highest BCUT2D eigenvalue weighted by Gasteiger charge is 2.21. The minimum absolute atomic E-state index is 0.0110. The first-order chi connectivity index (χ1) is 12.4. The Balaban J connectivity index is 1.59. The summed E-state index contributed by atoms with van der Waals surface area (Å²) in [5.41, 5.74) is 5.04. The van der Waals surface area contributed by atoms with Crippen molar-refractivity contribution in [1.29, 1.82) is 0 Å². The van der Waals surface area contributed by atoms with Gasteiger partial charge in [0.25, 0.3) is 0 Å². The van der Waals surface area contributed by atoms with Crippen LogP contribution >= 0.6 is 0 Å². The van der Waals surface area contributed by atoms with Crippen LogP contribution in [0.25, 0.3) is 0 Å². The molecule has 1 saturated heterocycles. The first kappa shape index (κ1) is 18.0. The Labute approximate surface area is 154 Å². The highest BCUT2D eigenvalue weighted by atomic mass is 16.2. The SMILES string of the molecule is CC(=O)c1cccc(NC(=O)N2CCN(c3ccc(C)c(C)c3)CC2)c1. The normalized spacial score (nSPS) is 14.3. The molecule has 5 heteroatoms. The molecule has 0 saturated carbocycles. The molecule has 0 aliphatic carbocycles. The van der Waals surface area contributed by atoms with Crippen LogP contribution in [0.15, 0.2) is 42.5 Å². The molecule has 5 nitrogen and oxygen atoms in total. The molecule has 1 aliphatic heterocycles. The van der Waals surface area contributed by atoms with Crippen LogP contribution in [-0.4, -0.2) is 42.9 Å². The van der Waals surface area contributed by atoms with E-state index in [0.29, 0.717) is 24.3 Å². The van der Waals surface area contributed by atoms with Gasteiger partial charge in [0.15, 0.2) is 5.78 Å². The Kier molecular flexibility index (Phi) is 5.26. The van der Waals surface area contributed by atoms with Crippen molar-refractivity contribution in [3.63, 3.8) is 0 Å². The summed E-state index contributed by atoms with van der Waals surface area (Å²) in [7, 11) is 0. The number of amides is 2. The molecule has 1 aliphatic rings. The predicted octanol–water partition coefficient (Wildman–Crippen LogP) is 3.86. The summed E-state index contributed by atoms with van der Waals surface area (Å²) >= 11 is 0. The number of hydrogen-bond acceptors (Lipinski definition) is 3. The molecule has 2 aromatic rings. The maximum absolute atomic E-state index is 12.5. The second-order valence-corrected chi connectivity index (χ2v) is 6.81. The number of nitrogens with zero attached hydrogens (tertiary/aromatic N) is 2. The van der Waals surface area contributed by atoms with Crippen molar-refractivity contribution in [3.8, 4) is 0 Å². The first-order valence-corrected chi connectivity index (χ1v) is 8.93. The number of carbonyl (C=O) groups excluding carboxylic acids is 2. The van der Waals surface area contributed by atoms with Crippen molar-refractivity contribution in [3.05, 3.63) is 59.2 Å². The molecule has 0 aromatic heterocycles. The number of carbonyl (C=O) groups is 2. The maximum Gasteiger partial charge on any atom is 0.321 e. The Bertz CT molecular complexity index is 824. The van der Waals surface area contributed by atoms with E-state index in [1.807, 2.05) is 4.90 Å². The number of nitrogens with one attached hydrogen (secondary N) is 1. The number of urea groups is 1. The average molecular weight is 351 g/mol. The second-order valence-electron chi connectivity index (χ2n) is 6.81. The van der Waals surface area contributed by atoms with E-state index >= 15 is 0 Å². The fourth-order valence-electron chi connectivity index (χ4n) is 3.11. The van der Waals surface area contributed by atoms with Gasteiger partial charge in [-0.15, -0.1) is 0 Å². The molecule has 0 bridgehead atoms. The Morgan fingerprint density at radius 1 is 0.923 bits per heavy atom. The summed E-state index contributed by atoms with van der Waals surface area (Å²) in [5, 5.41) is 2.89. The number of piperazine rings is 1. The van der Waals surface area contributed by atoms with E-state index in [1.54, 1.807) is 24.3 Å². The lowest BCUT2D eigenvalue weighted by Gasteiger charge is -2.36. The molecule has 0 radical (unpaired) electrons. The molecule has 3 rings (SSSR count). The molecular weight excluding hydrogens is 326 g/mol. The van der Waals surface area contributed by atoms with Gasteiger partial charge in [0, 0.05) is 43.1 Å². The summed E-state index contributed by atoms with van der Waals surface area (Å²) in [6, 6.07) is 13.4. The highest BCUT2D eigenvalue weighted by Crippen LogP contribution is 2.20. The smallest absolute Gasteiger partial charge is 0.321 e. The zero-order valence-corrected chi connectivity index (χ0v) is 15.6. The van der Waals surface area contributed by atoms with Gasteiger partial charge >= 0.3 is 6.03 Å². The quantitative estimate of drug-likeness (QED) is 0.855. The van der Waals surface area contributed by atoms with Gasteiger partial charge < -0.3 is 15.1 Å². The van der Waals surface area contributed by atoms with Gasteiger partial charge in [0.05, 0.1) is 0 Å². The summed E-state index contributed by atoms with van der Waals surface area (Å²) in [5.74, 6) is -0.0110. The average Bonchev–Trinajstić information content (AvgIpc) is 2.64. The number of aryl methyl sites for hydroxylation is 2. The largest absolute Gasteiger partial charge is 0.368 e. The van der Waals surface area contributed by atoms with Crippen LogP contribution in [0.5, 0.6) is 0 Å². The van der Waals surface area contributed by atoms with Gasteiger partial charge in [-0.1, -0.05) is 18.2 Å². The molecule has 2 amide bonds. The molecule has 0 spiro atoms. The van der Waals surface area contributed by atoms with Crippen LogP contribution in [0.2, 0.25) is 0 Å². The molecule has 2 aromatic carbocycles. The molecule has 1 N–H and O–H groups in total. The number of ketones is 1. The minimum Gasteiger partial charge on any atom is -0.368 e. The van der Waals surface area contributed by atoms with Crippen molar-refractivity contribution in [1.82, 2.24) is 4.90 Å². The lowest BCUT2D eigenvalue weighted by molar-refractivity contribution is 0.101. The van der Waals surface area contributed by atoms with Gasteiger partial charge in [-0.25, -0.2) is 4.79 Å². The first-order valence-electron chi connectivity index (χ1n) is 8.93.